The number of hydrogen-bond donors (Lipinski definition) is 2. The van der Waals surface area contributed by atoms with Crippen LogP contribution in [-0.2, 0) is 6.61 Å². The molecule has 8 nitrogen and oxygen atoms in total. The molecule has 3 rings (SSSR count). The van der Waals surface area contributed by atoms with Crippen LogP contribution in [0.25, 0.3) is 0 Å². The first-order valence-electron chi connectivity index (χ1n) is 9.83. The zero-order valence-electron chi connectivity index (χ0n) is 17.6. The quantitative estimate of drug-likeness (QED) is 0.524. The molecule has 1 aromatic heterocycles. The van der Waals surface area contributed by atoms with Crippen LogP contribution in [0.4, 0.5) is 0 Å². The van der Waals surface area contributed by atoms with Gasteiger partial charge in [0.2, 0.25) is 0 Å². The number of carboxylic acid groups (broad SMARTS) is 1. The van der Waals surface area contributed by atoms with Crippen LogP contribution in [0.2, 0.25) is 0 Å². The Kier molecular flexibility index (Phi) is 6.53. The molecule has 3 N–H and O–H groups in total. The maximum atomic E-state index is 13.2. The Morgan fingerprint density at radius 3 is 2.25 bits per heavy atom. The second-order valence-corrected chi connectivity index (χ2v) is 7.43. The Morgan fingerprint density at radius 1 is 1.00 bits per heavy atom. The molecule has 3 aromatic rings. The number of aromatic nitrogens is 1. The minimum Gasteiger partial charge on any atom is -0.488 e. The zero-order valence-corrected chi connectivity index (χ0v) is 17.6. The van der Waals surface area contributed by atoms with Crippen LogP contribution >= 0.6 is 0 Å². The standard InChI is InChI=1S/C24H22N2O6/c1-14(2)26-12-17(11-19(22(25)28)23(26)29)21(27)18-5-3-4-6-20(18)32-13-15-7-9-16(10-8-15)24(30)31/h3-12,14H,13H2,1-2H3,(H2,25,28)(H,30,31). The van der Waals surface area contributed by atoms with Gasteiger partial charge in [-0.25, -0.2) is 4.79 Å². The largest absolute Gasteiger partial charge is 0.488 e. The molecule has 2 aromatic carbocycles. The number of carboxylic acids is 1. The maximum Gasteiger partial charge on any atom is 0.335 e. The Hall–Kier alpha value is -4.20. The Balaban J connectivity index is 1.93. The average molecular weight is 434 g/mol. The van der Waals surface area contributed by atoms with Gasteiger partial charge in [-0.3, -0.25) is 14.4 Å². The zero-order chi connectivity index (χ0) is 23.4. The molecular formula is C24H22N2O6. The van der Waals surface area contributed by atoms with E-state index in [1.807, 2.05) is 0 Å². The van der Waals surface area contributed by atoms with Gasteiger partial charge in [0.15, 0.2) is 5.78 Å². The third-order valence-electron chi connectivity index (χ3n) is 4.85. The molecule has 0 radical (unpaired) electrons. The number of rotatable bonds is 8. The predicted molar refractivity (Wildman–Crippen MR) is 117 cm³/mol. The first-order chi connectivity index (χ1) is 15.2. The monoisotopic (exact) mass is 434 g/mol. The molecule has 0 aliphatic rings. The second kappa shape index (κ2) is 9.30. The summed E-state index contributed by atoms with van der Waals surface area (Å²) in [5, 5.41) is 9.00. The number of ketones is 1. The van der Waals surface area contributed by atoms with E-state index < -0.39 is 23.2 Å². The normalized spacial score (nSPS) is 10.7. The summed E-state index contributed by atoms with van der Waals surface area (Å²) in [5.74, 6) is -2.05. The number of nitrogens with two attached hydrogens (primary N) is 1. The van der Waals surface area contributed by atoms with Gasteiger partial charge in [0.25, 0.3) is 11.5 Å². The smallest absolute Gasteiger partial charge is 0.335 e. The highest BCUT2D eigenvalue weighted by atomic mass is 16.5. The molecule has 0 spiro atoms. The van der Waals surface area contributed by atoms with E-state index in [1.54, 1.807) is 50.2 Å². The third-order valence-corrected chi connectivity index (χ3v) is 4.85. The summed E-state index contributed by atoms with van der Waals surface area (Å²) in [5.41, 5.74) is 5.79. The van der Waals surface area contributed by atoms with Gasteiger partial charge in [0, 0.05) is 17.8 Å². The maximum absolute atomic E-state index is 13.2. The molecule has 0 saturated carbocycles. The first-order valence-corrected chi connectivity index (χ1v) is 9.83. The Labute approximate surface area is 183 Å². The molecule has 0 aliphatic heterocycles. The van der Waals surface area contributed by atoms with E-state index in [0.29, 0.717) is 5.75 Å². The van der Waals surface area contributed by atoms with Crippen LogP contribution in [0, 0.1) is 0 Å². The van der Waals surface area contributed by atoms with E-state index in [2.05, 4.69) is 0 Å². The lowest BCUT2D eigenvalue weighted by molar-refractivity contribution is 0.0696. The highest BCUT2D eigenvalue weighted by Gasteiger charge is 2.20. The fourth-order valence-corrected chi connectivity index (χ4v) is 3.13. The topological polar surface area (TPSA) is 129 Å². The molecule has 1 amide bonds. The number of nitrogens with zero attached hydrogens (tertiary/aromatic N) is 1. The molecule has 0 atom stereocenters. The van der Waals surface area contributed by atoms with E-state index >= 15 is 0 Å². The molecule has 164 valence electrons. The number of aromatic carboxylic acids is 1. The van der Waals surface area contributed by atoms with Crippen molar-refractivity contribution in [3.8, 4) is 5.75 Å². The summed E-state index contributed by atoms with van der Waals surface area (Å²) in [7, 11) is 0. The number of pyridine rings is 1. The van der Waals surface area contributed by atoms with Crippen molar-refractivity contribution in [2.45, 2.75) is 26.5 Å². The number of ether oxygens (including phenoxy) is 1. The molecule has 0 saturated heterocycles. The summed E-state index contributed by atoms with van der Waals surface area (Å²) in [6.07, 6.45) is 1.41. The highest BCUT2D eigenvalue weighted by Crippen LogP contribution is 2.23. The Morgan fingerprint density at radius 2 is 1.66 bits per heavy atom. The summed E-state index contributed by atoms with van der Waals surface area (Å²) in [6.45, 7) is 3.63. The number of para-hydroxylation sites is 1. The van der Waals surface area contributed by atoms with Gasteiger partial charge < -0.3 is 20.1 Å². The number of benzene rings is 2. The lowest BCUT2D eigenvalue weighted by Gasteiger charge is -2.15. The summed E-state index contributed by atoms with van der Waals surface area (Å²) in [4.78, 5) is 48.4. The van der Waals surface area contributed by atoms with Crippen molar-refractivity contribution in [3.05, 3.63) is 99.0 Å². The van der Waals surface area contributed by atoms with Crippen molar-refractivity contribution in [3.63, 3.8) is 0 Å². The third kappa shape index (κ3) is 4.75. The number of carbonyl (C=O) groups excluding carboxylic acids is 2. The van der Waals surface area contributed by atoms with Gasteiger partial charge in [-0.2, -0.15) is 0 Å². The van der Waals surface area contributed by atoms with Crippen molar-refractivity contribution in [2.75, 3.05) is 0 Å². The lowest BCUT2D eigenvalue weighted by atomic mass is 10.0. The van der Waals surface area contributed by atoms with E-state index in [4.69, 9.17) is 15.6 Å². The van der Waals surface area contributed by atoms with Crippen molar-refractivity contribution in [2.24, 2.45) is 5.73 Å². The first kappa shape index (κ1) is 22.5. The molecular weight excluding hydrogens is 412 g/mol. The van der Waals surface area contributed by atoms with Gasteiger partial charge in [-0.1, -0.05) is 24.3 Å². The fourth-order valence-electron chi connectivity index (χ4n) is 3.13. The van der Waals surface area contributed by atoms with Crippen LogP contribution < -0.4 is 16.0 Å². The van der Waals surface area contributed by atoms with Gasteiger partial charge >= 0.3 is 5.97 Å². The molecule has 0 fully saturated rings. The van der Waals surface area contributed by atoms with Gasteiger partial charge in [0.05, 0.1) is 11.1 Å². The van der Waals surface area contributed by atoms with Crippen LogP contribution in [0.5, 0.6) is 5.75 Å². The van der Waals surface area contributed by atoms with Crippen molar-refractivity contribution >= 4 is 17.7 Å². The number of hydrogen-bond acceptors (Lipinski definition) is 5. The van der Waals surface area contributed by atoms with E-state index in [0.717, 1.165) is 5.56 Å². The average Bonchev–Trinajstić information content (AvgIpc) is 2.77. The van der Waals surface area contributed by atoms with Gasteiger partial charge in [-0.15, -0.1) is 0 Å². The van der Waals surface area contributed by atoms with Crippen LogP contribution in [0.1, 0.15) is 62.1 Å². The highest BCUT2D eigenvalue weighted by molar-refractivity contribution is 6.11. The lowest BCUT2D eigenvalue weighted by Crippen LogP contribution is -2.31. The second-order valence-electron chi connectivity index (χ2n) is 7.43. The van der Waals surface area contributed by atoms with Crippen molar-refractivity contribution in [1.29, 1.82) is 0 Å². The van der Waals surface area contributed by atoms with Crippen LogP contribution in [0.3, 0.4) is 0 Å². The predicted octanol–water partition coefficient (Wildman–Crippen LogP) is 3.04. The summed E-state index contributed by atoms with van der Waals surface area (Å²) >= 11 is 0. The minimum atomic E-state index is -1.02. The molecule has 0 aliphatic carbocycles. The van der Waals surface area contributed by atoms with Crippen molar-refractivity contribution < 1.29 is 24.2 Å². The van der Waals surface area contributed by atoms with E-state index in [-0.39, 0.29) is 34.9 Å². The molecule has 32 heavy (non-hydrogen) atoms. The molecule has 8 heteroatoms. The summed E-state index contributed by atoms with van der Waals surface area (Å²) in [6, 6.07) is 13.7. The van der Waals surface area contributed by atoms with Gasteiger partial charge in [-0.05, 0) is 49.7 Å². The van der Waals surface area contributed by atoms with Crippen LogP contribution in [-0.4, -0.2) is 27.3 Å². The molecule has 0 unspecified atom stereocenters. The fraction of sp³-hybridized carbons (Fsp3) is 0.167. The van der Waals surface area contributed by atoms with E-state index in [9.17, 15) is 19.2 Å². The number of carbonyl (C=O) groups is 3. The summed E-state index contributed by atoms with van der Waals surface area (Å²) < 4.78 is 7.11. The molecule has 1 heterocycles. The Bertz CT molecular complexity index is 1240. The number of amides is 1. The number of primary amides is 1. The molecule has 0 bridgehead atoms. The SMILES string of the molecule is CC(C)n1cc(C(=O)c2ccccc2OCc2ccc(C(=O)O)cc2)cc(C(N)=O)c1=O. The van der Waals surface area contributed by atoms with Gasteiger partial charge in [0.1, 0.15) is 17.9 Å². The van der Waals surface area contributed by atoms with Crippen LogP contribution in [0.15, 0.2) is 65.6 Å². The minimum absolute atomic E-state index is 0.113. The van der Waals surface area contributed by atoms with E-state index in [1.165, 1.54) is 29.0 Å². The van der Waals surface area contributed by atoms with Crippen molar-refractivity contribution in [1.82, 2.24) is 4.57 Å².